The van der Waals surface area contributed by atoms with Crippen molar-refractivity contribution >= 4 is 66.6 Å². The molecule has 0 fully saturated rings. The van der Waals surface area contributed by atoms with Crippen LogP contribution in [0.1, 0.15) is 40.6 Å². The van der Waals surface area contributed by atoms with Crippen molar-refractivity contribution in [3.63, 3.8) is 0 Å². The summed E-state index contributed by atoms with van der Waals surface area (Å²) in [7, 11) is 1.35. The van der Waals surface area contributed by atoms with Gasteiger partial charge in [-0.3, -0.25) is 10.1 Å². The number of nitrogens with zero attached hydrogens (tertiary/aromatic N) is 1. The third-order valence-electron chi connectivity index (χ3n) is 4.72. The number of hydrogen-bond donors (Lipinski definition) is 3. The summed E-state index contributed by atoms with van der Waals surface area (Å²) in [5.74, 6) is -0.617. The Labute approximate surface area is 180 Å². The summed E-state index contributed by atoms with van der Waals surface area (Å²) >= 11 is 2.76. The van der Waals surface area contributed by atoms with E-state index >= 15 is 0 Å². The Kier molecular flexibility index (Phi) is 5.69. The van der Waals surface area contributed by atoms with E-state index in [-0.39, 0.29) is 5.91 Å². The Balaban J connectivity index is 1.53. The van der Waals surface area contributed by atoms with E-state index < -0.39 is 12.0 Å². The zero-order valence-electron chi connectivity index (χ0n) is 16.5. The molecule has 3 amide bonds. The number of thiazole rings is 1. The summed E-state index contributed by atoms with van der Waals surface area (Å²) in [6.07, 6.45) is 3.83. The highest BCUT2D eigenvalue weighted by Crippen LogP contribution is 2.38. The summed E-state index contributed by atoms with van der Waals surface area (Å²) in [6, 6.07) is 4.86. The van der Waals surface area contributed by atoms with Crippen molar-refractivity contribution in [3.8, 4) is 0 Å². The van der Waals surface area contributed by atoms with Gasteiger partial charge in [0.05, 0.1) is 22.9 Å². The van der Waals surface area contributed by atoms with Gasteiger partial charge in [-0.2, -0.15) is 0 Å². The minimum absolute atomic E-state index is 0.188. The van der Waals surface area contributed by atoms with Crippen LogP contribution in [-0.2, 0) is 22.4 Å². The zero-order chi connectivity index (χ0) is 21.3. The summed E-state index contributed by atoms with van der Waals surface area (Å²) in [5, 5.41) is 9.28. The van der Waals surface area contributed by atoms with Gasteiger partial charge < -0.3 is 15.4 Å². The molecule has 30 heavy (non-hydrogen) atoms. The number of thiophene rings is 1. The first-order chi connectivity index (χ1) is 14.4. The number of nitrogens with one attached hydrogen (secondary N) is 3. The SMILES string of the molecule is COC(=O)c1c(NC(=O)Nc2ccc3nc(NC(C)=O)sc3c2)sc2c1CCCC2. The molecule has 0 atom stereocenters. The molecule has 0 bridgehead atoms. The lowest BCUT2D eigenvalue weighted by Gasteiger charge is -2.12. The summed E-state index contributed by atoms with van der Waals surface area (Å²) in [4.78, 5) is 41.6. The number of ether oxygens (including phenoxy) is 1. The van der Waals surface area contributed by atoms with E-state index in [1.165, 1.54) is 36.7 Å². The minimum Gasteiger partial charge on any atom is -0.465 e. The first-order valence-corrected chi connectivity index (χ1v) is 11.1. The standard InChI is InChI=1S/C20H20N4O4S2/c1-10(25)21-20-23-13-8-7-11(9-15(13)30-20)22-19(27)24-17-16(18(26)28-2)12-5-3-4-6-14(12)29-17/h7-9H,3-6H2,1-2H3,(H,21,23,25)(H2,22,24,27). The quantitative estimate of drug-likeness (QED) is 0.509. The largest absolute Gasteiger partial charge is 0.465 e. The zero-order valence-corrected chi connectivity index (χ0v) is 18.1. The Morgan fingerprint density at radius 1 is 1.07 bits per heavy atom. The van der Waals surface area contributed by atoms with E-state index in [1.807, 2.05) is 0 Å². The van der Waals surface area contributed by atoms with E-state index in [4.69, 9.17) is 4.74 Å². The molecule has 0 saturated carbocycles. The van der Waals surface area contributed by atoms with Gasteiger partial charge in [0, 0.05) is 17.5 Å². The highest BCUT2D eigenvalue weighted by atomic mass is 32.1. The molecule has 0 spiro atoms. The van der Waals surface area contributed by atoms with Crippen LogP contribution in [0.4, 0.5) is 20.6 Å². The fourth-order valence-corrected chi connectivity index (χ4v) is 5.67. The summed E-state index contributed by atoms with van der Waals surface area (Å²) in [6.45, 7) is 1.42. The molecule has 1 aliphatic carbocycles. The summed E-state index contributed by atoms with van der Waals surface area (Å²) in [5.41, 5.74) is 2.77. The topological polar surface area (TPSA) is 109 Å². The van der Waals surface area contributed by atoms with Gasteiger partial charge in [0.15, 0.2) is 5.13 Å². The van der Waals surface area contributed by atoms with Crippen LogP contribution in [-0.4, -0.2) is 30.0 Å². The van der Waals surface area contributed by atoms with Crippen LogP contribution in [0.5, 0.6) is 0 Å². The fraction of sp³-hybridized carbons (Fsp3) is 0.300. The third kappa shape index (κ3) is 4.14. The van der Waals surface area contributed by atoms with Gasteiger partial charge in [0.1, 0.15) is 5.00 Å². The second-order valence-electron chi connectivity index (χ2n) is 6.87. The predicted octanol–water partition coefficient (Wildman–Crippen LogP) is 4.63. The van der Waals surface area contributed by atoms with E-state index in [2.05, 4.69) is 20.9 Å². The number of carbonyl (C=O) groups excluding carboxylic acids is 3. The number of aryl methyl sites for hydroxylation is 1. The first-order valence-electron chi connectivity index (χ1n) is 9.43. The molecule has 8 nitrogen and oxygen atoms in total. The van der Waals surface area contributed by atoms with Gasteiger partial charge in [-0.15, -0.1) is 11.3 Å². The number of rotatable bonds is 4. The van der Waals surface area contributed by atoms with Gasteiger partial charge in [0.2, 0.25) is 5.91 Å². The molecule has 1 aliphatic rings. The average Bonchev–Trinajstić information content (AvgIpc) is 3.26. The predicted molar refractivity (Wildman–Crippen MR) is 119 cm³/mol. The maximum absolute atomic E-state index is 12.6. The van der Waals surface area contributed by atoms with Gasteiger partial charge in [0.25, 0.3) is 0 Å². The second-order valence-corrected chi connectivity index (χ2v) is 9.00. The number of esters is 1. The van der Waals surface area contributed by atoms with Crippen molar-refractivity contribution < 1.29 is 19.1 Å². The number of hydrogen-bond acceptors (Lipinski definition) is 7. The number of benzene rings is 1. The molecule has 2 aromatic heterocycles. The average molecular weight is 445 g/mol. The van der Waals surface area contributed by atoms with Crippen LogP contribution < -0.4 is 16.0 Å². The monoisotopic (exact) mass is 444 g/mol. The maximum atomic E-state index is 12.6. The minimum atomic E-state index is -0.440. The lowest BCUT2D eigenvalue weighted by atomic mass is 9.95. The smallest absolute Gasteiger partial charge is 0.341 e. The van der Waals surface area contributed by atoms with E-state index in [0.29, 0.717) is 21.4 Å². The normalized spacial score (nSPS) is 12.9. The van der Waals surface area contributed by atoms with Crippen LogP contribution >= 0.6 is 22.7 Å². The number of carbonyl (C=O) groups is 3. The van der Waals surface area contributed by atoms with Crippen molar-refractivity contribution in [1.82, 2.24) is 4.98 Å². The molecular weight excluding hydrogens is 424 g/mol. The Bertz CT molecular complexity index is 1150. The van der Waals surface area contributed by atoms with E-state index in [1.54, 1.807) is 18.2 Å². The van der Waals surface area contributed by atoms with Crippen LogP contribution in [0.25, 0.3) is 10.2 Å². The van der Waals surface area contributed by atoms with Crippen molar-refractivity contribution in [2.24, 2.45) is 0 Å². The van der Waals surface area contributed by atoms with Gasteiger partial charge in [-0.25, -0.2) is 14.6 Å². The third-order valence-corrected chi connectivity index (χ3v) is 6.86. The highest BCUT2D eigenvalue weighted by Gasteiger charge is 2.27. The maximum Gasteiger partial charge on any atom is 0.341 e. The van der Waals surface area contributed by atoms with Gasteiger partial charge >= 0.3 is 12.0 Å². The fourth-order valence-electron chi connectivity index (χ4n) is 3.44. The highest BCUT2D eigenvalue weighted by molar-refractivity contribution is 7.22. The Hall–Kier alpha value is -2.98. The lowest BCUT2D eigenvalue weighted by molar-refractivity contribution is -0.114. The van der Waals surface area contributed by atoms with Crippen LogP contribution in [0.3, 0.4) is 0 Å². The molecule has 10 heteroatoms. The van der Waals surface area contributed by atoms with Gasteiger partial charge in [-0.05, 0) is 49.4 Å². The number of methoxy groups -OCH3 is 1. The molecule has 4 rings (SSSR count). The first kappa shape index (κ1) is 20.3. The van der Waals surface area contributed by atoms with Crippen LogP contribution in [0, 0.1) is 0 Å². The van der Waals surface area contributed by atoms with Crippen molar-refractivity contribution in [1.29, 1.82) is 0 Å². The number of anilines is 3. The Morgan fingerprint density at radius 2 is 1.87 bits per heavy atom. The molecule has 2 heterocycles. The molecule has 0 saturated heterocycles. The van der Waals surface area contributed by atoms with E-state index in [0.717, 1.165) is 46.3 Å². The van der Waals surface area contributed by atoms with Crippen LogP contribution in [0.2, 0.25) is 0 Å². The van der Waals surface area contributed by atoms with Crippen LogP contribution in [0.15, 0.2) is 18.2 Å². The second kappa shape index (κ2) is 8.41. The molecule has 1 aromatic carbocycles. The molecule has 3 N–H and O–H groups in total. The lowest BCUT2D eigenvalue weighted by Crippen LogP contribution is -2.20. The van der Waals surface area contributed by atoms with Crippen molar-refractivity contribution in [2.45, 2.75) is 32.6 Å². The van der Waals surface area contributed by atoms with Crippen molar-refractivity contribution in [3.05, 3.63) is 34.2 Å². The number of urea groups is 1. The number of fused-ring (bicyclic) bond motifs is 2. The molecule has 0 aliphatic heterocycles. The number of aromatic nitrogens is 1. The molecule has 0 unspecified atom stereocenters. The molecular formula is C20H20N4O4S2. The Morgan fingerprint density at radius 3 is 2.63 bits per heavy atom. The number of amides is 3. The molecule has 0 radical (unpaired) electrons. The summed E-state index contributed by atoms with van der Waals surface area (Å²) < 4.78 is 5.77. The molecule has 156 valence electrons. The van der Waals surface area contributed by atoms with Gasteiger partial charge in [-0.1, -0.05) is 11.3 Å². The van der Waals surface area contributed by atoms with E-state index in [9.17, 15) is 14.4 Å². The molecule has 3 aromatic rings. The van der Waals surface area contributed by atoms with Crippen molar-refractivity contribution in [2.75, 3.05) is 23.1 Å².